The number of nitrogens with one attached hydrogen (secondary N) is 3. The highest BCUT2D eigenvalue weighted by molar-refractivity contribution is 7.90. The third-order valence-electron chi connectivity index (χ3n) is 6.55. The Morgan fingerprint density at radius 2 is 1.82 bits per heavy atom. The first kappa shape index (κ1) is 28.0. The van der Waals surface area contributed by atoms with Gasteiger partial charge in [-0.05, 0) is 31.0 Å². The number of hydrogen-bond donors (Lipinski definition) is 3. The van der Waals surface area contributed by atoms with Crippen LogP contribution in [0.3, 0.4) is 0 Å². The average molecular weight is 582 g/mol. The second-order valence-corrected chi connectivity index (χ2v) is 11.2. The van der Waals surface area contributed by atoms with E-state index in [9.17, 15) is 21.6 Å². The molecule has 0 bridgehead atoms. The maximum atomic E-state index is 15.0. The van der Waals surface area contributed by atoms with Gasteiger partial charge in [0.15, 0.2) is 17.4 Å². The largest absolute Gasteiger partial charge is 0.435 e. The van der Waals surface area contributed by atoms with E-state index in [-0.39, 0.29) is 49.5 Å². The number of hydrogen-bond acceptors (Lipinski definition) is 8. The quantitative estimate of drug-likeness (QED) is 0.270. The zero-order valence-electron chi connectivity index (χ0n) is 21.2. The highest BCUT2D eigenvalue weighted by Crippen LogP contribution is 2.36. The smallest absolute Gasteiger partial charge is 0.301 e. The van der Waals surface area contributed by atoms with Crippen molar-refractivity contribution in [3.8, 4) is 22.9 Å². The minimum absolute atomic E-state index is 0.193. The third-order valence-corrected chi connectivity index (χ3v) is 8.06. The van der Waals surface area contributed by atoms with Gasteiger partial charge in [-0.2, -0.15) is 17.1 Å². The maximum Gasteiger partial charge on any atom is 0.301 e. The van der Waals surface area contributed by atoms with Crippen molar-refractivity contribution in [3.05, 3.63) is 54.1 Å². The highest BCUT2D eigenvalue weighted by Gasteiger charge is 2.29. The Morgan fingerprint density at radius 3 is 2.60 bits per heavy atom. The number of halogens is 4. The van der Waals surface area contributed by atoms with Crippen LogP contribution in [0.25, 0.3) is 11.3 Å². The number of alkyl halides is 1. The van der Waals surface area contributed by atoms with Crippen molar-refractivity contribution < 1.29 is 30.7 Å². The van der Waals surface area contributed by atoms with Gasteiger partial charge < -0.3 is 15.4 Å². The minimum Gasteiger partial charge on any atom is -0.435 e. The molecule has 2 aliphatic heterocycles. The van der Waals surface area contributed by atoms with Crippen molar-refractivity contribution in [1.82, 2.24) is 24.6 Å². The lowest BCUT2D eigenvalue weighted by Gasteiger charge is -2.26. The molecular formula is C25H27F4N7O3S. The monoisotopic (exact) mass is 581 g/mol. The maximum absolute atomic E-state index is 15.0. The summed E-state index contributed by atoms with van der Waals surface area (Å²) in [6, 6.07) is 4.95. The van der Waals surface area contributed by atoms with Gasteiger partial charge >= 0.3 is 10.2 Å². The summed E-state index contributed by atoms with van der Waals surface area (Å²) in [7, 11) is -4.29. The molecule has 4 heterocycles. The van der Waals surface area contributed by atoms with Crippen molar-refractivity contribution in [3.63, 3.8) is 0 Å². The molecule has 0 amide bonds. The van der Waals surface area contributed by atoms with Crippen molar-refractivity contribution in [2.45, 2.75) is 37.9 Å². The fraction of sp³-hybridized carbons (Fsp3) is 0.400. The minimum atomic E-state index is -4.29. The standard InChI is InChI=1S/C25H27F4N7O3S/c26-15-11-16(14-30-13-15)33-25-32-8-6-19(34-25)17-5-4-7-31-24(17)39-20-12-18(27)23(22(29)21(20)28)35-40(37,38)36-9-2-1-3-10-36/h4-8,12,15-16,30,35H,1-3,9-11,13-14H2,(H,32,33,34)/t15-,16?/m0/s1. The Balaban J connectivity index is 1.38. The number of rotatable bonds is 8. The van der Waals surface area contributed by atoms with Crippen LogP contribution in [0.5, 0.6) is 11.6 Å². The molecule has 2 aliphatic rings. The molecular weight excluding hydrogens is 554 g/mol. The van der Waals surface area contributed by atoms with Crippen molar-refractivity contribution in [1.29, 1.82) is 0 Å². The van der Waals surface area contributed by atoms with E-state index >= 15 is 4.39 Å². The van der Waals surface area contributed by atoms with E-state index in [1.807, 2.05) is 4.72 Å². The highest BCUT2D eigenvalue weighted by atomic mass is 32.2. The first-order chi connectivity index (χ1) is 19.2. The van der Waals surface area contributed by atoms with Gasteiger partial charge in [0.1, 0.15) is 11.9 Å². The molecule has 0 radical (unpaired) electrons. The van der Waals surface area contributed by atoms with Crippen LogP contribution in [0.2, 0.25) is 0 Å². The van der Waals surface area contributed by atoms with Crippen LogP contribution in [0, 0.1) is 17.5 Å². The van der Waals surface area contributed by atoms with E-state index < -0.39 is 45.3 Å². The number of pyridine rings is 1. The normalized spacial score (nSPS) is 20.2. The summed E-state index contributed by atoms with van der Waals surface area (Å²) in [5.41, 5.74) is -0.586. The van der Waals surface area contributed by atoms with E-state index in [0.717, 1.165) is 10.7 Å². The number of aromatic nitrogens is 3. The summed E-state index contributed by atoms with van der Waals surface area (Å²) in [5, 5.41) is 6.03. The topological polar surface area (TPSA) is 121 Å². The van der Waals surface area contributed by atoms with E-state index in [0.29, 0.717) is 31.1 Å². The van der Waals surface area contributed by atoms with Gasteiger partial charge in [0, 0.05) is 57.1 Å². The lowest BCUT2D eigenvalue weighted by Crippen LogP contribution is -2.44. The van der Waals surface area contributed by atoms with Crippen LogP contribution < -0.4 is 20.1 Å². The average Bonchev–Trinajstić information content (AvgIpc) is 2.95. The summed E-state index contributed by atoms with van der Waals surface area (Å²) in [6.45, 7) is 1.19. The molecule has 1 unspecified atom stereocenters. The summed E-state index contributed by atoms with van der Waals surface area (Å²) < 4.78 is 92.1. The molecule has 2 atom stereocenters. The Labute approximate surface area is 228 Å². The molecule has 0 spiro atoms. The molecule has 40 heavy (non-hydrogen) atoms. The van der Waals surface area contributed by atoms with Crippen molar-refractivity contribution in [2.24, 2.45) is 0 Å². The predicted molar refractivity (Wildman–Crippen MR) is 139 cm³/mol. The molecule has 3 aromatic rings. The lowest BCUT2D eigenvalue weighted by molar-refractivity contribution is 0.254. The predicted octanol–water partition coefficient (Wildman–Crippen LogP) is 4.00. The fourth-order valence-corrected chi connectivity index (χ4v) is 5.88. The molecule has 10 nitrogen and oxygen atoms in total. The molecule has 1 aromatic carbocycles. The first-order valence-corrected chi connectivity index (χ1v) is 14.2. The van der Waals surface area contributed by atoms with Crippen LogP contribution in [0.4, 0.5) is 29.2 Å². The Kier molecular flexibility index (Phi) is 8.32. The van der Waals surface area contributed by atoms with Gasteiger partial charge in [-0.3, -0.25) is 4.72 Å². The Bertz CT molecular complexity index is 1470. The lowest BCUT2D eigenvalue weighted by atomic mass is 10.1. The zero-order valence-corrected chi connectivity index (χ0v) is 22.0. The van der Waals surface area contributed by atoms with Crippen molar-refractivity contribution >= 4 is 21.8 Å². The summed E-state index contributed by atoms with van der Waals surface area (Å²) in [5.74, 6) is -5.58. The van der Waals surface area contributed by atoms with Crippen LogP contribution in [-0.4, -0.2) is 66.1 Å². The number of ether oxygens (including phenoxy) is 1. The Hall–Kier alpha value is -3.56. The second kappa shape index (κ2) is 11.9. The van der Waals surface area contributed by atoms with Crippen LogP contribution >= 0.6 is 0 Å². The molecule has 0 aliphatic carbocycles. The SMILES string of the molecule is O=S(=O)(Nc1c(F)cc(Oc2ncccc2-c2ccnc(NC3CNC[C@@H](F)C3)n2)c(F)c1F)N1CCCCC1. The second-order valence-electron chi connectivity index (χ2n) is 9.48. The van der Waals surface area contributed by atoms with Gasteiger partial charge in [0.05, 0.1) is 11.3 Å². The van der Waals surface area contributed by atoms with Gasteiger partial charge in [0.2, 0.25) is 17.6 Å². The molecule has 2 aromatic heterocycles. The molecule has 5 rings (SSSR count). The molecule has 3 N–H and O–H groups in total. The van der Waals surface area contributed by atoms with E-state index in [1.54, 1.807) is 12.1 Å². The summed E-state index contributed by atoms with van der Waals surface area (Å²) in [6.07, 6.45) is 4.12. The van der Waals surface area contributed by atoms with Crippen LogP contribution in [0.15, 0.2) is 36.7 Å². The fourth-order valence-electron chi connectivity index (χ4n) is 4.57. The summed E-state index contributed by atoms with van der Waals surface area (Å²) >= 11 is 0. The molecule has 2 fully saturated rings. The Morgan fingerprint density at radius 1 is 1.02 bits per heavy atom. The molecule has 0 saturated carbocycles. The number of anilines is 2. The molecule has 2 saturated heterocycles. The summed E-state index contributed by atoms with van der Waals surface area (Å²) in [4.78, 5) is 12.6. The van der Waals surface area contributed by atoms with Gasteiger partial charge in [-0.15, -0.1) is 0 Å². The van der Waals surface area contributed by atoms with E-state index in [1.165, 1.54) is 18.5 Å². The van der Waals surface area contributed by atoms with E-state index in [4.69, 9.17) is 4.74 Å². The van der Waals surface area contributed by atoms with Gasteiger partial charge in [0.25, 0.3) is 0 Å². The number of benzene rings is 1. The van der Waals surface area contributed by atoms with E-state index in [2.05, 4.69) is 25.6 Å². The molecule has 15 heteroatoms. The number of piperidine rings is 2. The van der Waals surface area contributed by atoms with Crippen LogP contribution in [0.1, 0.15) is 25.7 Å². The van der Waals surface area contributed by atoms with Crippen molar-refractivity contribution in [2.75, 3.05) is 36.2 Å². The zero-order chi connectivity index (χ0) is 28.3. The van der Waals surface area contributed by atoms with Gasteiger partial charge in [-0.25, -0.2) is 28.1 Å². The third kappa shape index (κ3) is 6.26. The first-order valence-electron chi connectivity index (χ1n) is 12.7. The number of nitrogens with zero attached hydrogens (tertiary/aromatic N) is 4. The van der Waals surface area contributed by atoms with Crippen LogP contribution in [-0.2, 0) is 10.2 Å². The molecule has 214 valence electrons. The van der Waals surface area contributed by atoms with Gasteiger partial charge in [-0.1, -0.05) is 6.42 Å².